The summed E-state index contributed by atoms with van der Waals surface area (Å²) >= 11 is 16.5. The summed E-state index contributed by atoms with van der Waals surface area (Å²) in [5.41, 5.74) is 0. The predicted octanol–water partition coefficient (Wildman–Crippen LogP) is 2.37. The molecular weight excluding hydrogens is 240 g/mol. The quantitative estimate of drug-likeness (QED) is 0.612. The van der Waals surface area contributed by atoms with Gasteiger partial charge >= 0.3 is 0 Å². The van der Waals surface area contributed by atoms with Crippen molar-refractivity contribution in [3.05, 3.63) is 0 Å². The Balaban J connectivity index is 4.13. The van der Waals surface area contributed by atoms with Gasteiger partial charge in [-0.2, -0.15) is 0 Å². The second kappa shape index (κ2) is 6.75. The lowest BCUT2D eigenvalue weighted by Gasteiger charge is -2.26. The molecule has 0 saturated carbocycles. The van der Waals surface area contributed by atoms with E-state index in [0.717, 1.165) is 10.9 Å². The van der Waals surface area contributed by atoms with Crippen molar-refractivity contribution >= 4 is 57.5 Å². The molecule has 0 aliphatic carbocycles. The largest absolute Gasteiger partial charge is 0.374 e. The highest BCUT2D eigenvalue weighted by atomic mass is 32.2. The third-order valence-electron chi connectivity index (χ3n) is 1.50. The van der Waals surface area contributed by atoms with E-state index < -0.39 is 0 Å². The summed E-state index contributed by atoms with van der Waals surface area (Å²) in [6.45, 7) is 4.89. The van der Waals surface area contributed by atoms with Gasteiger partial charge in [0.1, 0.15) is 4.32 Å². The van der Waals surface area contributed by atoms with E-state index in [2.05, 4.69) is 5.32 Å². The molecular formula is C7H13N2S4. The molecule has 0 aromatic rings. The first-order valence-corrected chi connectivity index (χ1v) is 5.99. The number of hydrogen-bond acceptors (Lipinski definition) is 3. The van der Waals surface area contributed by atoms with Crippen LogP contribution in [0.25, 0.3) is 0 Å². The van der Waals surface area contributed by atoms with Crippen molar-refractivity contribution in [3.63, 3.8) is 0 Å². The molecule has 0 aromatic heterocycles. The minimum Gasteiger partial charge on any atom is -0.374 e. The summed E-state index contributed by atoms with van der Waals surface area (Å²) < 4.78 is 1.26. The topological polar surface area (TPSA) is 15.3 Å². The van der Waals surface area contributed by atoms with E-state index in [1.54, 1.807) is 11.8 Å². The summed E-state index contributed by atoms with van der Waals surface area (Å²) in [5.74, 6) is 0. The van der Waals surface area contributed by atoms with E-state index in [4.69, 9.17) is 37.1 Å². The molecule has 0 rings (SSSR count). The molecule has 75 valence electrons. The van der Waals surface area contributed by atoms with Crippen molar-refractivity contribution in [2.24, 2.45) is 0 Å². The second-order valence-electron chi connectivity index (χ2n) is 2.31. The van der Waals surface area contributed by atoms with Crippen LogP contribution in [-0.2, 0) is 0 Å². The minimum atomic E-state index is 0.204. The second-order valence-corrected chi connectivity index (χ2v) is 5.33. The first-order valence-electron chi connectivity index (χ1n) is 3.88. The fraction of sp³-hybridized carbons (Fsp3) is 0.714. The maximum Gasteiger partial charge on any atom is 0.167 e. The lowest BCUT2D eigenvalue weighted by Crippen LogP contribution is -2.34. The van der Waals surface area contributed by atoms with Gasteiger partial charge in [0.2, 0.25) is 0 Å². The van der Waals surface area contributed by atoms with Gasteiger partial charge in [-0.15, -0.1) is 0 Å². The Morgan fingerprint density at radius 1 is 1.54 bits per heavy atom. The van der Waals surface area contributed by atoms with Crippen molar-refractivity contribution in [3.8, 4) is 0 Å². The Labute approximate surface area is 100 Å². The van der Waals surface area contributed by atoms with Gasteiger partial charge < -0.3 is 10.2 Å². The van der Waals surface area contributed by atoms with Crippen LogP contribution in [0.2, 0.25) is 0 Å². The zero-order valence-corrected chi connectivity index (χ0v) is 11.1. The average Bonchev–Trinajstić information content (AvgIpc) is 2.04. The van der Waals surface area contributed by atoms with E-state index in [9.17, 15) is 0 Å². The third kappa shape index (κ3) is 4.95. The van der Waals surface area contributed by atoms with E-state index in [1.807, 2.05) is 25.8 Å². The molecule has 13 heavy (non-hydrogen) atoms. The van der Waals surface area contributed by atoms with E-state index in [-0.39, 0.29) is 5.37 Å². The van der Waals surface area contributed by atoms with Gasteiger partial charge in [0, 0.05) is 13.6 Å². The van der Waals surface area contributed by atoms with Crippen LogP contribution in [0.3, 0.4) is 0 Å². The van der Waals surface area contributed by atoms with Crippen LogP contribution in [0.15, 0.2) is 0 Å². The maximum absolute atomic E-state index is 5.03. The Bertz CT molecular complexity index is 195. The Hall–Kier alpha value is 0.350. The SMILES string of the molecule is CCN(C([S])=S)C(C)SC(=S)NC. The molecule has 1 N–H and O–H groups in total. The highest BCUT2D eigenvalue weighted by Crippen LogP contribution is 2.17. The normalized spacial score (nSPS) is 11.9. The van der Waals surface area contributed by atoms with Gasteiger partial charge in [0.15, 0.2) is 4.32 Å². The van der Waals surface area contributed by atoms with E-state index in [0.29, 0.717) is 4.32 Å². The fourth-order valence-corrected chi connectivity index (χ4v) is 2.75. The number of hydrogen-bond donors (Lipinski definition) is 1. The summed E-state index contributed by atoms with van der Waals surface area (Å²) in [5, 5.41) is 3.11. The molecule has 0 heterocycles. The zero-order chi connectivity index (χ0) is 10.4. The summed E-state index contributed by atoms with van der Waals surface area (Å²) in [4.78, 5) is 1.96. The molecule has 0 saturated heterocycles. The molecule has 0 aliphatic heterocycles. The number of nitrogens with one attached hydrogen (secondary N) is 1. The number of thiocarbonyl (C=S) groups is 2. The zero-order valence-electron chi connectivity index (χ0n) is 7.86. The first kappa shape index (κ1) is 13.4. The summed E-state index contributed by atoms with van der Waals surface area (Å²) in [6.07, 6.45) is 0. The monoisotopic (exact) mass is 253 g/mol. The Morgan fingerprint density at radius 3 is 2.38 bits per heavy atom. The lowest BCUT2D eigenvalue weighted by molar-refractivity contribution is 0.452. The van der Waals surface area contributed by atoms with Gasteiger partial charge in [-0.1, -0.05) is 24.0 Å². The molecule has 0 aliphatic rings. The molecule has 1 atom stereocenters. The fourth-order valence-electron chi connectivity index (χ4n) is 0.812. The van der Waals surface area contributed by atoms with Crippen LogP contribution in [0.5, 0.6) is 0 Å². The van der Waals surface area contributed by atoms with Crippen molar-refractivity contribution < 1.29 is 0 Å². The highest BCUT2D eigenvalue weighted by Gasteiger charge is 2.15. The van der Waals surface area contributed by atoms with Crippen LogP contribution < -0.4 is 5.32 Å². The van der Waals surface area contributed by atoms with Crippen molar-refractivity contribution in [2.75, 3.05) is 13.6 Å². The van der Waals surface area contributed by atoms with Crippen molar-refractivity contribution in [1.82, 2.24) is 10.2 Å². The Morgan fingerprint density at radius 2 is 2.08 bits per heavy atom. The summed E-state index contributed by atoms with van der Waals surface area (Å²) in [6, 6.07) is 0. The van der Waals surface area contributed by atoms with Crippen LogP contribution in [0, 0.1) is 0 Å². The lowest BCUT2D eigenvalue weighted by atomic mass is 10.6. The molecule has 6 heteroatoms. The van der Waals surface area contributed by atoms with Crippen LogP contribution in [0.4, 0.5) is 0 Å². The van der Waals surface area contributed by atoms with Gasteiger partial charge in [-0.25, -0.2) is 0 Å². The first-order chi connectivity index (χ1) is 6.02. The van der Waals surface area contributed by atoms with Crippen LogP contribution >= 0.6 is 48.8 Å². The van der Waals surface area contributed by atoms with Crippen LogP contribution in [0.1, 0.15) is 13.8 Å². The molecule has 1 unspecified atom stereocenters. The van der Waals surface area contributed by atoms with Crippen molar-refractivity contribution in [2.45, 2.75) is 19.2 Å². The molecule has 0 bridgehead atoms. The molecule has 0 fully saturated rings. The van der Waals surface area contributed by atoms with E-state index in [1.165, 1.54) is 0 Å². The standard InChI is InChI=1S/C7H13N2S4/c1-4-9(7(11)12)5(2)13-6(10)8-3/h5H,4H2,1-3H3,(H,8,10). The average molecular weight is 253 g/mol. The maximum atomic E-state index is 5.03. The molecule has 2 nitrogen and oxygen atoms in total. The third-order valence-corrected chi connectivity index (χ3v) is 3.47. The van der Waals surface area contributed by atoms with Gasteiger partial charge in [0.25, 0.3) is 0 Å². The van der Waals surface area contributed by atoms with E-state index >= 15 is 0 Å². The summed E-state index contributed by atoms with van der Waals surface area (Å²) in [7, 11) is 1.81. The minimum absolute atomic E-state index is 0.204. The Kier molecular flexibility index (Phi) is 6.93. The number of nitrogens with zero attached hydrogens (tertiary/aromatic N) is 1. The van der Waals surface area contributed by atoms with Gasteiger partial charge in [-0.05, 0) is 38.7 Å². The molecule has 0 spiro atoms. The number of thioether (sulfide) groups is 1. The molecule has 0 amide bonds. The number of rotatable bonds is 3. The van der Waals surface area contributed by atoms with Gasteiger partial charge in [-0.3, -0.25) is 0 Å². The van der Waals surface area contributed by atoms with Crippen LogP contribution in [-0.4, -0.2) is 32.5 Å². The highest BCUT2D eigenvalue weighted by molar-refractivity contribution is 8.23. The van der Waals surface area contributed by atoms with Crippen molar-refractivity contribution in [1.29, 1.82) is 0 Å². The smallest absolute Gasteiger partial charge is 0.167 e. The van der Waals surface area contributed by atoms with Gasteiger partial charge in [0.05, 0.1) is 5.37 Å². The predicted molar refractivity (Wildman–Crippen MR) is 71.3 cm³/mol. The molecule has 0 aromatic carbocycles. The molecule has 1 radical (unpaired) electrons.